The first-order chi connectivity index (χ1) is 18.1. The number of para-hydroxylation sites is 1. The van der Waals surface area contributed by atoms with Gasteiger partial charge in [-0.15, -0.1) is 0 Å². The molecule has 0 fully saturated rings. The molecule has 7 nitrogen and oxygen atoms in total. The zero-order chi connectivity index (χ0) is 27.6. The van der Waals surface area contributed by atoms with Crippen molar-refractivity contribution >= 4 is 27.8 Å². The summed E-state index contributed by atoms with van der Waals surface area (Å²) < 4.78 is 38.5. The molecule has 0 aliphatic carbocycles. The Morgan fingerprint density at radius 3 is 2.47 bits per heavy atom. The van der Waals surface area contributed by atoms with Gasteiger partial charge in [-0.05, 0) is 68.1 Å². The Balaban J connectivity index is 1.53. The number of carbonyl (C=O) groups is 1. The zero-order valence-electron chi connectivity index (χ0n) is 22.0. The minimum Gasteiger partial charge on any atom is -0.493 e. The van der Waals surface area contributed by atoms with Crippen molar-refractivity contribution in [1.29, 1.82) is 0 Å². The first-order valence-corrected chi connectivity index (χ1v) is 13.9. The number of benzene rings is 3. The van der Waals surface area contributed by atoms with E-state index in [2.05, 4.69) is 4.72 Å². The van der Waals surface area contributed by atoms with Gasteiger partial charge in [0.1, 0.15) is 5.75 Å². The summed E-state index contributed by atoms with van der Waals surface area (Å²) in [5.74, 6) is 0.479. The molecule has 0 saturated carbocycles. The molecule has 0 saturated heterocycles. The molecule has 0 unspecified atom stereocenters. The summed E-state index contributed by atoms with van der Waals surface area (Å²) in [5, 5.41) is 10.4. The minimum absolute atomic E-state index is 0.185. The molecule has 0 aliphatic rings. The zero-order valence-corrected chi connectivity index (χ0v) is 22.8. The lowest BCUT2D eigenvalue weighted by Gasteiger charge is -2.22. The van der Waals surface area contributed by atoms with E-state index in [1.165, 1.54) is 19.2 Å². The fraction of sp³-hybridized carbons (Fsp3) is 0.300. The first kappa shape index (κ1) is 28.9. The van der Waals surface area contributed by atoms with Gasteiger partial charge in [0.25, 0.3) is 10.0 Å². The Labute approximate surface area is 225 Å². The summed E-state index contributed by atoms with van der Waals surface area (Å²) >= 11 is 0. The number of anilines is 1. The van der Waals surface area contributed by atoms with Crippen LogP contribution < -0.4 is 9.46 Å². The van der Waals surface area contributed by atoms with Crippen LogP contribution in [0.25, 0.3) is 6.08 Å². The van der Waals surface area contributed by atoms with Crippen LogP contribution in [0.4, 0.5) is 5.69 Å². The van der Waals surface area contributed by atoms with Crippen molar-refractivity contribution in [1.82, 2.24) is 0 Å². The molecule has 1 atom stereocenters. The van der Waals surface area contributed by atoms with Crippen LogP contribution in [0, 0.1) is 5.41 Å². The summed E-state index contributed by atoms with van der Waals surface area (Å²) in [7, 11) is -2.29. The quantitative estimate of drug-likeness (QED) is 0.281. The van der Waals surface area contributed by atoms with Gasteiger partial charge in [-0.25, -0.2) is 8.42 Å². The van der Waals surface area contributed by atoms with Crippen LogP contribution in [0.5, 0.6) is 5.75 Å². The number of sulfonamides is 1. The highest BCUT2D eigenvalue weighted by Crippen LogP contribution is 2.28. The van der Waals surface area contributed by atoms with Crippen molar-refractivity contribution in [3.8, 4) is 5.75 Å². The van der Waals surface area contributed by atoms with Crippen LogP contribution in [-0.2, 0) is 26.0 Å². The SMILES string of the molecule is COC(=O)C(C)(C)CCc1ccccc1OCC[C@@H](O)/C=C/c1cccc(NS(=O)(=O)c2ccccc2)c1. The highest BCUT2D eigenvalue weighted by atomic mass is 32.2. The standard InChI is InChI=1S/C30H35NO6S/c1-30(2,29(33)36-3)20-18-24-11-7-8-15-28(24)37-21-19-26(32)17-16-23-10-9-12-25(22-23)31-38(34,35)27-13-5-4-6-14-27/h4-17,22,26,31-32H,18-21H2,1-3H3/b17-16+/t26-/m0/s1. The summed E-state index contributed by atoms with van der Waals surface area (Å²) in [6, 6.07) is 22.8. The van der Waals surface area contributed by atoms with E-state index < -0.39 is 21.5 Å². The van der Waals surface area contributed by atoms with Crippen LogP contribution in [0.1, 0.15) is 37.8 Å². The lowest BCUT2D eigenvalue weighted by atomic mass is 9.86. The van der Waals surface area contributed by atoms with E-state index in [1.807, 2.05) is 44.2 Å². The van der Waals surface area contributed by atoms with Crippen LogP contribution >= 0.6 is 0 Å². The van der Waals surface area contributed by atoms with E-state index in [0.29, 0.717) is 31.6 Å². The second-order valence-corrected chi connectivity index (χ2v) is 11.3. The Morgan fingerprint density at radius 2 is 1.74 bits per heavy atom. The van der Waals surface area contributed by atoms with E-state index in [0.717, 1.165) is 16.9 Å². The predicted octanol–water partition coefficient (Wildman–Crippen LogP) is 5.46. The number of nitrogens with one attached hydrogen (secondary N) is 1. The Hall–Kier alpha value is -3.62. The molecule has 0 aliphatic heterocycles. The second-order valence-electron chi connectivity index (χ2n) is 9.59. The molecule has 0 aromatic heterocycles. The lowest BCUT2D eigenvalue weighted by molar-refractivity contribution is -0.151. The van der Waals surface area contributed by atoms with E-state index in [-0.39, 0.29) is 10.9 Å². The second kappa shape index (κ2) is 13.3. The molecule has 38 heavy (non-hydrogen) atoms. The molecule has 0 bridgehead atoms. The molecule has 8 heteroatoms. The number of rotatable bonds is 13. The molecule has 3 aromatic carbocycles. The lowest BCUT2D eigenvalue weighted by Crippen LogP contribution is -2.26. The molecule has 0 heterocycles. The molecule has 0 spiro atoms. The third-order valence-corrected chi connectivity index (χ3v) is 7.50. The fourth-order valence-corrected chi connectivity index (χ4v) is 4.87. The molecule has 0 amide bonds. The molecular formula is C30H35NO6S. The van der Waals surface area contributed by atoms with E-state index in [4.69, 9.17) is 9.47 Å². The normalized spacial score (nSPS) is 12.7. The van der Waals surface area contributed by atoms with Gasteiger partial charge in [-0.3, -0.25) is 9.52 Å². The van der Waals surface area contributed by atoms with Crippen LogP contribution in [0.2, 0.25) is 0 Å². The fourth-order valence-electron chi connectivity index (χ4n) is 3.80. The van der Waals surface area contributed by atoms with E-state index >= 15 is 0 Å². The van der Waals surface area contributed by atoms with Gasteiger partial charge in [0.2, 0.25) is 0 Å². The molecule has 202 valence electrons. The maximum atomic E-state index is 12.6. The number of hydrogen-bond acceptors (Lipinski definition) is 6. The van der Waals surface area contributed by atoms with Gasteiger partial charge in [0.05, 0.1) is 30.1 Å². The summed E-state index contributed by atoms with van der Waals surface area (Å²) in [4.78, 5) is 12.2. The highest BCUT2D eigenvalue weighted by Gasteiger charge is 2.28. The maximum absolute atomic E-state index is 12.6. The summed E-state index contributed by atoms with van der Waals surface area (Å²) in [5.41, 5.74) is 1.57. The molecule has 2 N–H and O–H groups in total. The van der Waals surface area contributed by atoms with Gasteiger partial charge in [-0.2, -0.15) is 0 Å². The third-order valence-electron chi connectivity index (χ3n) is 6.10. The van der Waals surface area contributed by atoms with E-state index in [9.17, 15) is 18.3 Å². The van der Waals surface area contributed by atoms with Gasteiger partial charge < -0.3 is 14.6 Å². The molecular weight excluding hydrogens is 502 g/mol. The molecule has 0 radical (unpaired) electrons. The average molecular weight is 538 g/mol. The molecule has 3 rings (SSSR count). The van der Waals surface area contributed by atoms with Gasteiger partial charge in [0, 0.05) is 12.1 Å². The monoisotopic (exact) mass is 537 g/mol. The third kappa shape index (κ3) is 8.46. The van der Waals surface area contributed by atoms with Crippen molar-refractivity contribution in [2.75, 3.05) is 18.4 Å². The maximum Gasteiger partial charge on any atom is 0.311 e. The number of methoxy groups -OCH3 is 1. The number of esters is 1. The Bertz CT molecular complexity index is 1340. The molecule has 3 aromatic rings. The number of ether oxygens (including phenoxy) is 2. The van der Waals surface area contributed by atoms with E-state index in [1.54, 1.807) is 48.6 Å². The summed E-state index contributed by atoms with van der Waals surface area (Å²) in [6.45, 7) is 4.03. The van der Waals surface area contributed by atoms with Crippen molar-refractivity contribution in [3.05, 3.63) is 96.1 Å². The highest BCUT2D eigenvalue weighted by molar-refractivity contribution is 7.92. The van der Waals surface area contributed by atoms with Gasteiger partial charge >= 0.3 is 5.97 Å². The predicted molar refractivity (Wildman–Crippen MR) is 149 cm³/mol. The van der Waals surface area contributed by atoms with Crippen LogP contribution in [0.3, 0.4) is 0 Å². The summed E-state index contributed by atoms with van der Waals surface area (Å²) in [6.07, 6.45) is 4.30. The van der Waals surface area contributed by atoms with Crippen LogP contribution in [-0.4, -0.2) is 39.3 Å². The number of aliphatic hydroxyl groups excluding tert-OH is 1. The smallest absolute Gasteiger partial charge is 0.311 e. The van der Waals surface area contributed by atoms with Crippen molar-refractivity contribution in [2.24, 2.45) is 5.41 Å². The van der Waals surface area contributed by atoms with Gasteiger partial charge in [0.15, 0.2) is 0 Å². The number of carbonyl (C=O) groups excluding carboxylic acids is 1. The van der Waals surface area contributed by atoms with Crippen molar-refractivity contribution in [2.45, 2.75) is 44.1 Å². The number of aryl methyl sites for hydroxylation is 1. The van der Waals surface area contributed by atoms with Crippen molar-refractivity contribution < 1.29 is 27.8 Å². The largest absolute Gasteiger partial charge is 0.493 e. The minimum atomic E-state index is -3.68. The Morgan fingerprint density at radius 1 is 1.03 bits per heavy atom. The topological polar surface area (TPSA) is 102 Å². The Kier molecular flexibility index (Phi) is 10.1. The van der Waals surface area contributed by atoms with Crippen LogP contribution in [0.15, 0.2) is 89.8 Å². The average Bonchev–Trinajstić information content (AvgIpc) is 2.91. The van der Waals surface area contributed by atoms with Crippen molar-refractivity contribution in [3.63, 3.8) is 0 Å². The first-order valence-electron chi connectivity index (χ1n) is 12.4. The van der Waals surface area contributed by atoms with Gasteiger partial charge in [-0.1, -0.05) is 60.7 Å². The number of aliphatic hydroxyl groups is 1. The number of hydrogen-bond donors (Lipinski definition) is 2.